The summed E-state index contributed by atoms with van der Waals surface area (Å²) in [6.07, 6.45) is 1.49. The minimum atomic E-state index is -0.197. The SMILES string of the molecule is CC1CN(C(=O)c2ccc(=O)[nH]c2)CC(C)N1c1ccccc1. The molecule has 1 aromatic carbocycles. The summed E-state index contributed by atoms with van der Waals surface area (Å²) in [4.78, 5) is 30.6. The molecule has 5 nitrogen and oxygen atoms in total. The minimum Gasteiger partial charge on any atom is -0.363 e. The molecular weight excluding hydrogens is 290 g/mol. The first-order valence-electron chi connectivity index (χ1n) is 7.87. The molecular formula is C18H21N3O2. The van der Waals surface area contributed by atoms with Crippen LogP contribution in [0.5, 0.6) is 0 Å². The fourth-order valence-electron chi connectivity index (χ4n) is 3.32. The van der Waals surface area contributed by atoms with Crippen molar-refractivity contribution in [2.45, 2.75) is 25.9 Å². The van der Waals surface area contributed by atoms with Crippen LogP contribution in [0.1, 0.15) is 24.2 Å². The number of aromatic amines is 1. The smallest absolute Gasteiger partial charge is 0.255 e. The Morgan fingerprint density at radius 1 is 1.04 bits per heavy atom. The zero-order valence-corrected chi connectivity index (χ0v) is 13.4. The Balaban J connectivity index is 1.77. The lowest BCUT2D eigenvalue weighted by Gasteiger charge is -2.46. The third-order valence-corrected chi connectivity index (χ3v) is 4.29. The Morgan fingerprint density at radius 2 is 1.70 bits per heavy atom. The average Bonchev–Trinajstić information content (AvgIpc) is 2.55. The third-order valence-electron chi connectivity index (χ3n) is 4.29. The number of rotatable bonds is 2. The van der Waals surface area contributed by atoms with Gasteiger partial charge in [-0.1, -0.05) is 18.2 Å². The average molecular weight is 311 g/mol. The highest BCUT2D eigenvalue weighted by molar-refractivity contribution is 5.94. The maximum atomic E-state index is 12.6. The molecule has 2 aromatic rings. The number of amides is 1. The lowest BCUT2D eigenvalue weighted by molar-refractivity contribution is 0.0700. The van der Waals surface area contributed by atoms with Crippen molar-refractivity contribution in [3.63, 3.8) is 0 Å². The number of carbonyl (C=O) groups is 1. The van der Waals surface area contributed by atoms with Crippen molar-refractivity contribution >= 4 is 11.6 Å². The number of nitrogens with one attached hydrogen (secondary N) is 1. The molecule has 23 heavy (non-hydrogen) atoms. The van der Waals surface area contributed by atoms with Gasteiger partial charge >= 0.3 is 0 Å². The summed E-state index contributed by atoms with van der Waals surface area (Å²) in [5.41, 5.74) is 1.51. The van der Waals surface area contributed by atoms with E-state index >= 15 is 0 Å². The van der Waals surface area contributed by atoms with Gasteiger partial charge in [-0.15, -0.1) is 0 Å². The summed E-state index contributed by atoms with van der Waals surface area (Å²) in [6, 6.07) is 13.7. The maximum absolute atomic E-state index is 12.6. The number of anilines is 1. The molecule has 5 heteroatoms. The first-order chi connectivity index (χ1) is 11.1. The summed E-state index contributed by atoms with van der Waals surface area (Å²) in [5.74, 6) is -0.0346. The second kappa shape index (κ2) is 6.28. The number of piperazine rings is 1. The van der Waals surface area contributed by atoms with Crippen molar-refractivity contribution in [2.75, 3.05) is 18.0 Å². The van der Waals surface area contributed by atoms with Crippen molar-refractivity contribution < 1.29 is 4.79 Å². The van der Waals surface area contributed by atoms with Gasteiger partial charge in [0.25, 0.3) is 5.91 Å². The van der Waals surface area contributed by atoms with E-state index in [1.165, 1.54) is 18.0 Å². The standard InChI is InChI=1S/C18H21N3O2/c1-13-11-20(18(23)15-8-9-17(22)19-10-15)12-14(2)21(13)16-6-4-3-5-7-16/h3-10,13-14H,11-12H2,1-2H3,(H,19,22). The molecule has 120 valence electrons. The maximum Gasteiger partial charge on any atom is 0.255 e. The molecule has 2 heterocycles. The van der Waals surface area contributed by atoms with E-state index in [0.29, 0.717) is 18.7 Å². The Hall–Kier alpha value is -2.56. The van der Waals surface area contributed by atoms with Crippen molar-refractivity contribution in [3.8, 4) is 0 Å². The Bertz CT molecular complexity index is 709. The number of pyridine rings is 1. The molecule has 1 aromatic heterocycles. The molecule has 1 fully saturated rings. The monoisotopic (exact) mass is 311 g/mol. The van der Waals surface area contributed by atoms with Crippen LogP contribution in [0.15, 0.2) is 53.5 Å². The molecule has 0 aliphatic carbocycles. The third kappa shape index (κ3) is 3.13. The molecule has 2 unspecified atom stereocenters. The van der Waals surface area contributed by atoms with Gasteiger partial charge in [0, 0.05) is 43.1 Å². The molecule has 0 bridgehead atoms. The van der Waals surface area contributed by atoms with Crippen molar-refractivity contribution in [2.24, 2.45) is 0 Å². The zero-order valence-electron chi connectivity index (χ0n) is 13.4. The van der Waals surface area contributed by atoms with E-state index < -0.39 is 0 Å². The van der Waals surface area contributed by atoms with E-state index in [9.17, 15) is 9.59 Å². The van der Waals surface area contributed by atoms with Crippen LogP contribution >= 0.6 is 0 Å². The summed E-state index contributed by atoms with van der Waals surface area (Å²) in [5, 5.41) is 0. The summed E-state index contributed by atoms with van der Waals surface area (Å²) >= 11 is 0. The van der Waals surface area contributed by atoms with Gasteiger partial charge in [-0.2, -0.15) is 0 Å². The van der Waals surface area contributed by atoms with Crippen LogP contribution in [0, 0.1) is 0 Å². The fraction of sp³-hybridized carbons (Fsp3) is 0.333. The van der Waals surface area contributed by atoms with Gasteiger partial charge in [0.05, 0.1) is 5.56 Å². The molecule has 0 spiro atoms. The normalized spacial score (nSPS) is 21.3. The largest absolute Gasteiger partial charge is 0.363 e. The highest BCUT2D eigenvalue weighted by Crippen LogP contribution is 2.25. The Morgan fingerprint density at radius 3 is 2.26 bits per heavy atom. The van der Waals surface area contributed by atoms with Crippen LogP contribution in [-0.2, 0) is 0 Å². The number of benzene rings is 1. The van der Waals surface area contributed by atoms with Crippen LogP contribution in [-0.4, -0.2) is 41.0 Å². The molecule has 2 atom stereocenters. The molecule has 1 aliphatic heterocycles. The first-order valence-corrected chi connectivity index (χ1v) is 7.87. The van der Waals surface area contributed by atoms with Crippen molar-refractivity contribution in [1.29, 1.82) is 0 Å². The topological polar surface area (TPSA) is 56.4 Å². The van der Waals surface area contributed by atoms with Gasteiger partial charge in [-0.3, -0.25) is 9.59 Å². The quantitative estimate of drug-likeness (QED) is 0.924. The van der Waals surface area contributed by atoms with Crippen LogP contribution in [0.3, 0.4) is 0 Å². The fourth-order valence-corrected chi connectivity index (χ4v) is 3.32. The predicted octanol–water partition coefficient (Wildman–Crippen LogP) is 2.11. The Kier molecular flexibility index (Phi) is 4.19. The first kappa shape index (κ1) is 15.3. The van der Waals surface area contributed by atoms with Crippen molar-refractivity contribution in [1.82, 2.24) is 9.88 Å². The van der Waals surface area contributed by atoms with Crippen LogP contribution in [0.2, 0.25) is 0 Å². The van der Waals surface area contributed by atoms with Gasteiger partial charge in [0.1, 0.15) is 0 Å². The molecule has 1 N–H and O–H groups in total. The lowest BCUT2D eigenvalue weighted by Crippen LogP contribution is -2.58. The van der Waals surface area contributed by atoms with Crippen LogP contribution in [0.4, 0.5) is 5.69 Å². The summed E-state index contributed by atoms with van der Waals surface area (Å²) in [6.45, 7) is 5.60. The number of hydrogen-bond donors (Lipinski definition) is 1. The highest BCUT2D eigenvalue weighted by Gasteiger charge is 2.32. The summed E-state index contributed by atoms with van der Waals surface area (Å²) in [7, 11) is 0. The molecule has 0 radical (unpaired) electrons. The van der Waals surface area contributed by atoms with Gasteiger partial charge in [-0.05, 0) is 32.0 Å². The van der Waals surface area contributed by atoms with E-state index in [4.69, 9.17) is 0 Å². The predicted molar refractivity (Wildman–Crippen MR) is 90.8 cm³/mol. The van der Waals surface area contributed by atoms with Crippen LogP contribution in [0.25, 0.3) is 0 Å². The number of para-hydroxylation sites is 1. The molecule has 0 saturated carbocycles. The second-order valence-electron chi connectivity index (χ2n) is 6.09. The van der Waals surface area contributed by atoms with Gasteiger partial charge in [-0.25, -0.2) is 0 Å². The van der Waals surface area contributed by atoms with E-state index in [-0.39, 0.29) is 23.6 Å². The van der Waals surface area contributed by atoms with E-state index in [1.54, 1.807) is 6.07 Å². The van der Waals surface area contributed by atoms with E-state index in [2.05, 4.69) is 35.9 Å². The van der Waals surface area contributed by atoms with Crippen molar-refractivity contribution in [3.05, 3.63) is 64.6 Å². The van der Waals surface area contributed by atoms with Gasteiger partial charge in [0.15, 0.2) is 0 Å². The number of nitrogens with zero attached hydrogens (tertiary/aromatic N) is 2. The number of carbonyl (C=O) groups excluding carboxylic acids is 1. The Labute approximate surface area is 135 Å². The number of H-pyrrole nitrogens is 1. The molecule has 1 aliphatic rings. The van der Waals surface area contributed by atoms with Crippen LogP contribution < -0.4 is 10.5 Å². The second-order valence-corrected chi connectivity index (χ2v) is 6.09. The van der Waals surface area contributed by atoms with Gasteiger partial charge in [0.2, 0.25) is 5.56 Å². The molecule has 1 saturated heterocycles. The lowest BCUT2D eigenvalue weighted by atomic mass is 10.1. The van der Waals surface area contributed by atoms with E-state index in [1.807, 2.05) is 23.1 Å². The van der Waals surface area contributed by atoms with Gasteiger partial charge < -0.3 is 14.8 Å². The number of aromatic nitrogens is 1. The highest BCUT2D eigenvalue weighted by atomic mass is 16.2. The zero-order chi connectivity index (χ0) is 16.4. The minimum absolute atomic E-state index is 0.0346. The number of hydrogen-bond acceptors (Lipinski definition) is 3. The van der Waals surface area contributed by atoms with E-state index in [0.717, 1.165) is 0 Å². The summed E-state index contributed by atoms with van der Waals surface area (Å²) < 4.78 is 0. The molecule has 1 amide bonds. The molecule has 3 rings (SSSR count).